The maximum atomic E-state index is 9.46. The maximum Gasteiger partial charge on any atom is 0.0658 e. The Kier molecular flexibility index (Phi) is 5.64. The summed E-state index contributed by atoms with van der Waals surface area (Å²) in [6.07, 6.45) is 0. The summed E-state index contributed by atoms with van der Waals surface area (Å²) in [6.45, 7) is 11.5. The maximum absolute atomic E-state index is 9.46. The minimum absolute atomic E-state index is 0.105. The van der Waals surface area contributed by atoms with Crippen molar-refractivity contribution in [3.63, 3.8) is 0 Å². The zero-order chi connectivity index (χ0) is 15.6. The van der Waals surface area contributed by atoms with Crippen LogP contribution in [0.5, 0.6) is 0 Å². The normalized spacial score (nSPS) is 12.6. The summed E-state index contributed by atoms with van der Waals surface area (Å²) in [5, 5.41) is 12.9. The predicted octanol–water partition coefficient (Wildman–Crippen LogP) is 3.54. The Balaban J connectivity index is 2.88. The van der Waals surface area contributed by atoms with Crippen LogP contribution in [0.4, 0.5) is 5.69 Å². The Bertz CT molecular complexity index is 452. The van der Waals surface area contributed by atoms with Crippen molar-refractivity contribution >= 4 is 21.6 Å². The van der Waals surface area contributed by atoms with E-state index < -0.39 is 0 Å². The molecule has 20 heavy (non-hydrogen) atoms. The van der Waals surface area contributed by atoms with Gasteiger partial charge in [-0.15, -0.1) is 0 Å². The average molecular weight is 343 g/mol. The van der Waals surface area contributed by atoms with Gasteiger partial charge in [0.2, 0.25) is 0 Å². The first-order valence-electron chi connectivity index (χ1n) is 6.95. The number of hydrogen-bond acceptors (Lipinski definition) is 3. The number of aliphatic hydroxyl groups excluding tert-OH is 1. The lowest BCUT2D eigenvalue weighted by Gasteiger charge is -2.36. The highest BCUT2D eigenvalue weighted by Crippen LogP contribution is 2.27. The molecule has 0 bridgehead atoms. The van der Waals surface area contributed by atoms with Gasteiger partial charge in [-0.25, -0.2) is 0 Å². The van der Waals surface area contributed by atoms with Gasteiger partial charge in [0, 0.05) is 29.3 Å². The van der Waals surface area contributed by atoms with Crippen LogP contribution < -0.4 is 10.2 Å². The van der Waals surface area contributed by atoms with Crippen LogP contribution in [0, 0.1) is 0 Å². The summed E-state index contributed by atoms with van der Waals surface area (Å²) >= 11 is 3.64. The molecule has 0 aliphatic rings. The van der Waals surface area contributed by atoms with Gasteiger partial charge in [-0.2, -0.15) is 0 Å². The molecule has 4 heteroatoms. The minimum atomic E-state index is -0.273. The molecule has 0 spiro atoms. The van der Waals surface area contributed by atoms with E-state index in [1.54, 1.807) is 0 Å². The van der Waals surface area contributed by atoms with E-state index >= 15 is 0 Å². The molecule has 3 nitrogen and oxygen atoms in total. The Hall–Kier alpha value is -0.580. The monoisotopic (exact) mass is 342 g/mol. The van der Waals surface area contributed by atoms with Crippen molar-refractivity contribution in [2.75, 3.05) is 18.6 Å². The number of likely N-dealkylation sites (N-methyl/N-ethyl adjacent to an activating group) is 1. The van der Waals surface area contributed by atoms with E-state index in [4.69, 9.17) is 0 Å². The summed E-state index contributed by atoms with van der Waals surface area (Å²) < 4.78 is 1.09. The molecule has 0 amide bonds. The number of benzene rings is 1. The van der Waals surface area contributed by atoms with E-state index in [0.29, 0.717) is 0 Å². The predicted molar refractivity (Wildman–Crippen MR) is 90.3 cm³/mol. The third-order valence-corrected chi connectivity index (χ3v) is 4.27. The zero-order valence-electron chi connectivity index (χ0n) is 13.4. The van der Waals surface area contributed by atoms with Crippen LogP contribution in [-0.4, -0.2) is 29.8 Å². The number of anilines is 1. The molecule has 0 heterocycles. The molecule has 1 aromatic carbocycles. The number of rotatable bonds is 5. The highest BCUT2D eigenvalue weighted by molar-refractivity contribution is 9.10. The number of aliphatic hydroxyl groups is 1. The molecule has 0 atom stereocenters. The molecule has 114 valence electrons. The van der Waals surface area contributed by atoms with Gasteiger partial charge in [0.1, 0.15) is 0 Å². The molecular formula is C16H27BrN2O. The molecule has 0 saturated carbocycles. The van der Waals surface area contributed by atoms with Crippen molar-refractivity contribution < 1.29 is 5.11 Å². The smallest absolute Gasteiger partial charge is 0.0658 e. The van der Waals surface area contributed by atoms with E-state index in [9.17, 15) is 5.11 Å². The van der Waals surface area contributed by atoms with E-state index in [-0.39, 0.29) is 17.7 Å². The van der Waals surface area contributed by atoms with E-state index in [1.807, 2.05) is 20.9 Å². The summed E-state index contributed by atoms with van der Waals surface area (Å²) in [5.74, 6) is 0. The van der Waals surface area contributed by atoms with E-state index in [0.717, 1.165) is 16.7 Å². The van der Waals surface area contributed by atoms with Crippen molar-refractivity contribution in [2.24, 2.45) is 0 Å². The van der Waals surface area contributed by atoms with Gasteiger partial charge in [-0.05, 0) is 52.3 Å². The summed E-state index contributed by atoms with van der Waals surface area (Å²) in [6, 6.07) is 6.33. The summed E-state index contributed by atoms with van der Waals surface area (Å²) in [7, 11) is 2.01. The number of hydrogen-bond donors (Lipinski definition) is 2. The molecule has 0 fully saturated rings. The number of nitrogens with one attached hydrogen (secondary N) is 1. The molecular weight excluding hydrogens is 316 g/mol. The fourth-order valence-corrected chi connectivity index (χ4v) is 2.21. The van der Waals surface area contributed by atoms with Crippen LogP contribution in [0.1, 0.15) is 40.2 Å². The average Bonchev–Trinajstić information content (AvgIpc) is 2.35. The fraction of sp³-hybridized carbons (Fsp3) is 0.625. The van der Waals surface area contributed by atoms with Crippen LogP contribution in [0.3, 0.4) is 0 Å². The summed E-state index contributed by atoms with van der Waals surface area (Å²) in [4.78, 5) is 2.10. The Morgan fingerprint density at radius 3 is 2.25 bits per heavy atom. The third kappa shape index (κ3) is 4.76. The largest absolute Gasteiger partial charge is 0.394 e. The standard InChI is InChI=1S/C16H27BrN2O/c1-15(2,3)18-10-12-7-8-13(9-14(12)17)19(6)16(4,5)11-20/h7-9,18,20H,10-11H2,1-6H3. The van der Waals surface area contributed by atoms with Crippen molar-refractivity contribution in [1.82, 2.24) is 5.32 Å². The van der Waals surface area contributed by atoms with Gasteiger partial charge >= 0.3 is 0 Å². The second kappa shape index (κ2) is 6.46. The molecule has 0 radical (unpaired) electrons. The Labute approximate surface area is 131 Å². The highest BCUT2D eigenvalue weighted by Gasteiger charge is 2.23. The lowest BCUT2D eigenvalue weighted by molar-refractivity contribution is 0.216. The van der Waals surface area contributed by atoms with Crippen LogP contribution in [-0.2, 0) is 6.54 Å². The molecule has 0 aliphatic carbocycles. The first-order valence-corrected chi connectivity index (χ1v) is 7.74. The van der Waals surface area contributed by atoms with Crippen molar-refractivity contribution in [3.05, 3.63) is 28.2 Å². The van der Waals surface area contributed by atoms with Crippen LogP contribution in [0.15, 0.2) is 22.7 Å². The SMILES string of the molecule is CN(c1ccc(CNC(C)(C)C)c(Br)c1)C(C)(C)CO. The quantitative estimate of drug-likeness (QED) is 0.858. The third-order valence-electron chi connectivity index (χ3n) is 3.53. The van der Waals surface area contributed by atoms with Crippen LogP contribution in [0.25, 0.3) is 0 Å². The van der Waals surface area contributed by atoms with Gasteiger partial charge < -0.3 is 15.3 Å². The van der Waals surface area contributed by atoms with Crippen LogP contribution in [0.2, 0.25) is 0 Å². The zero-order valence-corrected chi connectivity index (χ0v) is 15.0. The minimum Gasteiger partial charge on any atom is -0.394 e. The van der Waals surface area contributed by atoms with Gasteiger partial charge in [-0.1, -0.05) is 22.0 Å². The molecule has 2 N–H and O–H groups in total. The number of halogens is 1. The van der Waals surface area contributed by atoms with Crippen LogP contribution >= 0.6 is 15.9 Å². The van der Waals surface area contributed by atoms with Gasteiger partial charge in [-0.3, -0.25) is 0 Å². The first kappa shape index (κ1) is 17.5. The number of nitrogens with zero attached hydrogens (tertiary/aromatic N) is 1. The van der Waals surface area contributed by atoms with Crippen molar-refractivity contribution in [2.45, 2.75) is 52.2 Å². The van der Waals surface area contributed by atoms with Gasteiger partial charge in [0.05, 0.1) is 12.1 Å². The molecule has 0 aliphatic heterocycles. The molecule has 1 aromatic rings. The Morgan fingerprint density at radius 2 is 1.80 bits per heavy atom. The van der Waals surface area contributed by atoms with Crippen molar-refractivity contribution in [1.29, 1.82) is 0 Å². The lowest BCUT2D eigenvalue weighted by Crippen LogP contribution is -2.44. The van der Waals surface area contributed by atoms with Gasteiger partial charge in [0.25, 0.3) is 0 Å². The summed E-state index contributed by atoms with van der Waals surface area (Å²) in [5.41, 5.74) is 2.16. The second-order valence-electron chi connectivity index (χ2n) is 6.91. The molecule has 0 saturated heterocycles. The van der Waals surface area contributed by atoms with E-state index in [2.05, 4.69) is 65.1 Å². The van der Waals surface area contributed by atoms with Crippen molar-refractivity contribution in [3.8, 4) is 0 Å². The lowest BCUT2D eigenvalue weighted by atomic mass is 10.0. The fourth-order valence-electron chi connectivity index (χ4n) is 1.70. The van der Waals surface area contributed by atoms with E-state index in [1.165, 1.54) is 5.56 Å². The highest BCUT2D eigenvalue weighted by atomic mass is 79.9. The topological polar surface area (TPSA) is 35.5 Å². The molecule has 0 unspecified atom stereocenters. The Morgan fingerprint density at radius 1 is 1.20 bits per heavy atom. The first-order chi connectivity index (χ1) is 9.07. The molecule has 1 rings (SSSR count). The second-order valence-corrected chi connectivity index (χ2v) is 7.76. The molecule has 0 aromatic heterocycles. The van der Waals surface area contributed by atoms with Gasteiger partial charge in [0.15, 0.2) is 0 Å².